The Balaban J connectivity index is 1.66. The normalized spacial score (nSPS) is 17.4. The Morgan fingerprint density at radius 2 is 2.08 bits per heavy atom. The van der Waals surface area contributed by atoms with Crippen molar-refractivity contribution in [2.45, 2.75) is 32.8 Å². The topological polar surface area (TPSA) is 84.6 Å². The average Bonchev–Trinajstić information content (AvgIpc) is 2.97. The summed E-state index contributed by atoms with van der Waals surface area (Å²) in [6, 6.07) is 0. The molecule has 1 aliphatic rings. The van der Waals surface area contributed by atoms with Gasteiger partial charge in [0.15, 0.2) is 5.82 Å². The number of carbonyl (C=O) groups is 1. The van der Waals surface area contributed by atoms with Crippen LogP contribution in [-0.2, 0) is 16.0 Å². The number of rotatable bonds is 5. The molecule has 3 rings (SSSR count). The molecule has 2 aromatic heterocycles. The highest BCUT2D eigenvalue weighted by atomic mass is 16.5. The lowest BCUT2D eigenvalue weighted by molar-refractivity contribution is -0.139. The smallest absolute Gasteiger partial charge is 0.223 e. The van der Waals surface area contributed by atoms with Gasteiger partial charge in [0.25, 0.3) is 0 Å². The Kier molecular flexibility index (Phi) is 5.51. The van der Waals surface area contributed by atoms with Crippen LogP contribution < -0.4 is 4.90 Å². The molecule has 1 atom stereocenters. The minimum absolute atomic E-state index is 0.105. The molecule has 0 saturated carbocycles. The molecule has 8 nitrogen and oxygen atoms in total. The van der Waals surface area contributed by atoms with Gasteiger partial charge >= 0.3 is 0 Å². The summed E-state index contributed by atoms with van der Waals surface area (Å²) in [5.41, 5.74) is 2.64. The Morgan fingerprint density at radius 3 is 2.77 bits per heavy atom. The summed E-state index contributed by atoms with van der Waals surface area (Å²) >= 11 is 0. The number of hydrogen-bond donors (Lipinski definition) is 0. The first-order valence-electron chi connectivity index (χ1n) is 8.76. The second kappa shape index (κ2) is 7.82. The molecule has 0 bridgehead atoms. The minimum atomic E-state index is -0.266. The van der Waals surface area contributed by atoms with E-state index >= 15 is 0 Å². The summed E-state index contributed by atoms with van der Waals surface area (Å²) in [5.74, 6) is 1.65. The van der Waals surface area contributed by atoms with Crippen molar-refractivity contribution in [3.8, 4) is 0 Å². The number of carbonyl (C=O) groups excluding carboxylic acids is 1. The largest absolute Gasteiger partial charge is 0.368 e. The number of hydrogen-bond acceptors (Lipinski definition) is 7. The van der Waals surface area contributed by atoms with Crippen molar-refractivity contribution >= 4 is 11.7 Å². The van der Waals surface area contributed by atoms with E-state index < -0.39 is 0 Å². The van der Waals surface area contributed by atoms with Gasteiger partial charge in [-0.2, -0.15) is 0 Å². The molecule has 140 valence electrons. The van der Waals surface area contributed by atoms with Crippen molar-refractivity contribution in [2.75, 3.05) is 38.7 Å². The fourth-order valence-electron chi connectivity index (χ4n) is 3.20. The fourth-order valence-corrected chi connectivity index (χ4v) is 3.20. The number of morpholine rings is 1. The zero-order valence-electron chi connectivity index (χ0n) is 15.7. The Morgan fingerprint density at radius 1 is 1.31 bits per heavy atom. The highest BCUT2D eigenvalue weighted by molar-refractivity contribution is 5.76. The van der Waals surface area contributed by atoms with E-state index in [2.05, 4.69) is 15.1 Å². The first-order chi connectivity index (χ1) is 12.5. The summed E-state index contributed by atoms with van der Waals surface area (Å²) < 4.78 is 11.0. The number of aromatic nitrogens is 3. The molecule has 1 saturated heterocycles. The second-order valence-electron chi connectivity index (χ2n) is 6.66. The van der Waals surface area contributed by atoms with Gasteiger partial charge < -0.3 is 19.1 Å². The zero-order valence-corrected chi connectivity index (χ0v) is 15.7. The monoisotopic (exact) mass is 359 g/mol. The molecule has 1 fully saturated rings. The van der Waals surface area contributed by atoms with Crippen molar-refractivity contribution in [2.24, 2.45) is 0 Å². The van der Waals surface area contributed by atoms with Crippen LogP contribution in [0.25, 0.3) is 0 Å². The number of ether oxygens (including phenoxy) is 1. The van der Waals surface area contributed by atoms with Gasteiger partial charge in [-0.15, -0.1) is 0 Å². The predicted octanol–water partition coefficient (Wildman–Crippen LogP) is 1.68. The van der Waals surface area contributed by atoms with E-state index in [0.717, 1.165) is 28.5 Å². The van der Waals surface area contributed by atoms with Crippen LogP contribution in [0.1, 0.15) is 35.2 Å². The van der Waals surface area contributed by atoms with Crippen molar-refractivity contribution in [3.63, 3.8) is 0 Å². The lowest BCUT2D eigenvalue weighted by Crippen LogP contribution is -2.42. The zero-order chi connectivity index (χ0) is 18.7. The molecule has 0 N–H and O–H groups in total. The molecule has 8 heteroatoms. The van der Waals surface area contributed by atoms with Crippen LogP contribution in [0.15, 0.2) is 16.9 Å². The molecule has 0 aromatic carbocycles. The second-order valence-corrected chi connectivity index (χ2v) is 6.66. The maximum Gasteiger partial charge on any atom is 0.223 e. The van der Waals surface area contributed by atoms with Gasteiger partial charge in [-0.05, 0) is 20.3 Å². The highest BCUT2D eigenvalue weighted by Gasteiger charge is 2.29. The highest BCUT2D eigenvalue weighted by Crippen LogP contribution is 2.27. The molecule has 1 amide bonds. The SMILES string of the molecule is Cc1noc(C)c1CCC(=O)N1CCOC(c2nccnc2N(C)C)C1. The van der Waals surface area contributed by atoms with E-state index in [1.807, 2.05) is 37.7 Å². The van der Waals surface area contributed by atoms with Crippen LogP contribution in [0.2, 0.25) is 0 Å². The van der Waals surface area contributed by atoms with Crippen molar-refractivity contribution in [1.82, 2.24) is 20.0 Å². The van der Waals surface area contributed by atoms with Gasteiger partial charge in [0.05, 0.1) is 18.8 Å². The predicted molar refractivity (Wildman–Crippen MR) is 95.9 cm³/mol. The molecular formula is C18H25N5O3. The summed E-state index contributed by atoms with van der Waals surface area (Å²) in [4.78, 5) is 25.3. The molecule has 0 radical (unpaired) electrons. The van der Waals surface area contributed by atoms with Crippen molar-refractivity contribution in [3.05, 3.63) is 35.1 Å². The van der Waals surface area contributed by atoms with Crippen LogP contribution in [0, 0.1) is 13.8 Å². The van der Waals surface area contributed by atoms with Gasteiger partial charge in [0.1, 0.15) is 17.6 Å². The van der Waals surface area contributed by atoms with E-state index in [4.69, 9.17) is 9.26 Å². The van der Waals surface area contributed by atoms with Crippen LogP contribution in [0.5, 0.6) is 0 Å². The minimum Gasteiger partial charge on any atom is -0.368 e. The summed E-state index contributed by atoms with van der Waals surface area (Å²) in [5, 5.41) is 3.94. The Labute approximate surface area is 153 Å². The van der Waals surface area contributed by atoms with Crippen LogP contribution in [0.3, 0.4) is 0 Å². The lowest BCUT2D eigenvalue weighted by atomic mass is 10.1. The van der Waals surface area contributed by atoms with E-state index in [1.54, 1.807) is 12.4 Å². The Bertz CT molecular complexity index is 754. The van der Waals surface area contributed by atoms with Gasteiger partial charge in [0.2, 0.25) is 5.91 Å². The first kappa shape index (κ1) is 18.3. The lowest BCUT2D eigenvalue weighted by Gasteiger charge is -2.33. The molecule has 3 heterocycles. The van der Waals surface area contributed by atoms with E-state index in [0.29, 0.717) is 32.5 Å². The van der Waals surface area contributed by atoms with Crippen LogP contribution in [0.4, 0.5) is 5.82 Å². The molecule has 1 aliphatic heterocycles. The third-order valence-electron chi connectivity index (χ3n) is 4.62. The third-order valence-corrected chi connectivity index (χ3v) is 4.62. The maximum atomic E-state index is 12.7. The van der Waals surface area contributed by atoms with Crippen LogP contribution >= 0.6 is 0 Å². The third kappa shape index (κ3) is 3.85. The number of amides is 1. The van der Waals surface area contributed by atoms with E-state index in [-0.39, 0.29) is 12.0 Å². The molecule has 0 spiro atoms. The van der Waals surface area contributed by atoms with Gasteiger partial charge in [-0.3, -0.25) is 9.78 Å². The van der Waals surface area contributed by atoms with E-state index in [9.17, 15) is 4.79 Å². The van der Waals surface area contributed by atoms with E-state index in [1.165, 1.54) is 0 Å². The number of aryl methyl sites for hydroxylation is 2. The summed E-state index contributed by atoms with van der Waals surface area (Å²) in [6.45, 7) is 5.35. The van der Waals surface area contributed by atoms with Gasteiger partial charge in [-0.1, -0.05) is 5.16 Å². The fraction of sp³-hybridized carbons (Fsp3) is 0.556. The molecule has 1 unspecified atom stereocenters. The number of nitrogens with zero attached hydrogens (tertiary/aromatic N) is 5. The van der Waals surface area contributed by atoms with Crippen molar-refractivity contribution < 1.29 is 14.1 Å². The quantitative estimate of drug-likeness (QED) is 0.803. The average molecular weight is 359 g/mol. The van der Waals surface area contributed by atoms with Crippen molar-refractivity contribution in [1.29, 1.82) is 0 Å². The molecule has 26 heavy (non-hydrogen) atoms. The van der Waals surface area contributed by atoms with Crippen LogP contribution in [-0.4, -0.2) is 59.7 Å². The standard InChI is InChI=1S/C18H25N5O3/c1-12-14(13(2)26-21-12)5-6-16(24)23-9-10-25-15(11-23)17-18(22(3)4)20-8-7-19-17/h7-8,15H,5-6,9-11H2,1-4H3. The van der Waals surface area contributed by atoms with Gasteiger partial charge in [-0.25, -0.2) is 4.98 Å². The first-order valence-corrected chi connectivity index (χ1v) is 8.76. The Hall–Kier alpha value is -2.48. The summed E-state index contributed by atoms with van der Waals surface area (Å²) in [6.07, 6.45) is 4.11. The van der Waals surface area contributed by atoms with Gasteiger partial charge in [0, 0.05) is 45.0 Å². The molecular weight excluding hydrogens is 334 g/mol. The molecule has 2 aromatic rings. The molecule has 0 aliphatic carbocycles. The summed E-state index contributed by atoms with van der Waals surface area (Å²) in [7, 11) is 3.84. The maximum absolute atomic E-state index is 12.7. The number of anilines is 1.